The third kappa shape index (κ3) is 3.67. The fourth-order valence-corrected chi connectivity index (χ4v) is 2.53. The predicted molar refractivity (Wildman–Crippen MR) is 90.7 cm³/mol. The lowest BCUT2D eigenvalue weighted by Crippen LogP contribution is -2.12. The van der Waals surface area contributed by atoms with Gasteiger partial charge in [0.25, 0.3) is 5.91 Å². The van der Waals surface area contributed by atoms with Gasteiger partial charge >= 0.3 is 6.01 Å². The van der Waals surface area contributed by atoms with E-state index in [9.17, 15) is 4.79 Å². The van der Waals surface area contributed by atoms with Gasteiger partial charge < -0.3 is 9.15 Å². The molecule has 0 spiro atoms. The molecular formula is C16H11Cl2N3O3. The maximum atomic E-state index is 12.2. The lowest BCUT2D eigenvalue weighted by molar-refractivity contribution is 0.102. The summed E-state index contributed by atoms with van der Waals surface area (Å²) in [6.45, 7) is 0. The Balaban J connectivity index is 1.79. The molecular weight excluding hydrogens is 353 g/mol. The van der Waals surface area contributed by atoms with Crippen molar-refractivity contribution in [2.24, 2.45) is 0 Å². The molecule has 0 aliphatic heterocycles. The molecule has 0 radical (unpaired) electrons. The second kappa shape index (κ2) is 6.90. The normalized spacial score (nSPS) is 10.5. The Bertz CT molecular complexity index is 876. The van der Waals surface area contributed by atoms with Gasteiger partial charge in [-0.1, -0.05) is 34.4 Å². The van der Waals surface area contributed by atoms with Gasteiger partial charge in [0.05, 0.1) is 7.11 Å². The van der Waals surface area contributed by atoms with Crippen molar-refractivity contribution in [3.63, 3.8) is 0 Å². The van der Waals surface area contributed by atoms with Crippen LogP contribution in [-0.4, -0.2) is 23.2 Å². The van der Waals surface area contributed by atoms with Gasteiger partial charge in [-0.25, -0.2) is 0 Å². The van der Waals surface area contributed by atoms with Crippen LogP contribution in [0.2, 0.25) is 10.0 Å². The largest absolute Gasteiger partial charge is 0.497 e. The average molecular weight is 364 g/mol. The molecule has 122 valence electrons. The number of rotatable bonds is 4. The summed E-state index contributed by atoms with van der Waals surface area (Å²) in [5.41, 5.74) is 0.960. The number of ether oxygens (including phenoxy) is 1. The van der Waals surface area contributed by atoms with E-state index >= 15 is 0 Å². The third-order valence-corrected chi connectivity index (χ3v) is 3.52. The highest BCUT2D eigenvalue weighted by atomic mass is 35.5. The number of nitrogens with zero attached hydrogens (tertiary/aromatic N) is 2. The first-order valence-electron chi connectivity index (χ1n) is 6.80. The molecule has 0 saturated carbocycles. The third-order valence-electron chi connectivity index (χ3n) is 3.09. The van der Waals surface area contributed by atoms with E-state index in [1.165, 1.54) is 18.2 Å². The Kier molecular flexibility index (Phi) is 4.69. The van der Waals surface area contributed by atoms with Crippen LogP contribution < -0.4 is 10.1 Å². The van der Waals surface area contributed by atoms with Crippen molar-refractivity contribution in [1.29, 1.82) is 0 Å². The highest BCUT2D eigenvalue weighted by Crippen LogP contribution is 2.24. The van der Waals surface area contributed by atoms with E-state index in [1.807, 2.05) is 0 Å². The van der Waals surface area contributed by atoms with Gasteiger partial charge in [-0.3, -0.25) is 10.1 Å². The number of hydrogen-bond acceptors (Lipinski definition) is 5. The van der Waals surface area contributed by atoms with Crippen molar-refractivity contribution in [2.45, 2.75) is 0 Å². The maximum Gasteiger partial charge on any atom is 0.322 e. The van der Waals surface area contributed by atoms with Crippen LogP contribution in [0.1, 0.15) is 10.4 Å². The number of aromatic nitrogens is 2. The second-order valence-electron chi connectivity index (χ2n) is 4.76. The van der Waals surface area contributed by atoms with E-state index in [2.05, 4.69) is 15.5 Å². The number of carbonyl (C=O) groups excluding carboxylic acids is 1. The lowest BCUT2D eigenvalue weighted by atomic mass is 10.2. The number of carbonyl (C=O) groups is 1. The first-order valence-corrected chi connectivity index (χ1v) is 7.56. The molecule has 1 N–H and O–H groups in total. The molecule has 0 fully saturated rings. The number of methoxy groups -OCH3 is 1. The molecule has 24 heavy (non-hydrogen) atoms. The molecule has 0 unspecified atom stereocenters. The minimum Gasteiger partial charge on any atom is -0.497 e. The van der Waals surface area contributed by atoms with E-state index in [4.69, 9.17) is 32.4 Å². The van der Waals surface area contributed by atoms with E-state index in [-0.39, 0.29) is 17.5 Å². The molecule has 8 heteroatoms. The summed E-state index contributed by atoms with van der Waals surface area (Å²) in [6, 6.07) is 11.6. The van der Waals surface area contributed by atoms with Crippen LogP contribution in [0.25, 0.3) is 11.5 Å². The molecule has 6 nitrogen and oxygen atoms in total. The monoisotopic (exact) mass is 363 g/mol. The highest BCUT2D eigenvalue weighted by Gasteiger charge is 2.14. The Morgan fingerprint density at radius 1 is 1.12 bits per heavy atom. The Hall–Kier alpha value is -2.57. The van der Waals surface area contributed by atoms with Gasteiger partial charge in [0.15, 0.2) is 0 Å². The van der Waals surface area contributed by atoms with Gasteiger partial charge in [0.1, 0.15) is 5.75 Å². The Morgan fingerprint density at radius 2 is 1.88 bits per heavy atom. The van der Waals surface area contributed by atoms with Crippen molar-refractivity contribution in [3.8, 4) is 17.2 Å². The summed E-state index contributed by atoms with van der Waals surface area (Å²) in [6.07, 6.45) is 0. The number of benzene rings is 2. The molecule has 0 saturated heterocycles. The zero-order valence-corrected chi connectivity index (χ0v) is 13.9. The standard InChI is InChI=1S/C16H11Cl2N3O3/c1-23-13-4-2-3-9(7-13)15-20-21-16(24-15)19-14(22)10-5-11(17)8-12(18)6-10/h2-8H,1H3,(H,19,21,22). The van der Waals surface area contributed by atoms with E-state index < -0.39 is 5.91 Å². The van der Waals surface area contributed by atoms with Crippen LogP contribution in [0.4, 0.5) is 6.01 Å². The van der Waals surface area contributed by atoms with E-state index in [0.717, 1.165) is 0 Å². The summed E-state index contributed by atoms with van der Waals surface area (Å²) < 4.78 is 10.6. The van der Waals surface area contributed by atoms with Gasteiger partial charge in [-0.2, -0.15) is 0 Å². The number of anilines is 1. The first-order chi connectivity index (χ1) is 11.5. The van der Waals surface area contributed by atoms with Crippen LogP contribution in [0.3, 0.4) is 0 Å². The quantitative estimate of drug-likeness (QED) is 0.747. The van der Waals surface area contributed by atoms with Crippen molar-refractivity contribution < 1.29 is 13.9 Å². The summed E-state index contributed by atoms with van der Waals surface area (Å²) in [7, 11) is 1.56. The zero-order valence-electron chi connectivity index (χ0n) is 12.4. The molecule has 0 bridgehead atoms. The van der Waals surface area contributed by atoms with Crippen LogP contribution in [-0.2, 0) is 0 Å². The van der Waals surface area contributed by atoms with Crippen molar-refractivity contribution in [2.75, 3.05) is 12.4 Å². The van der Waals surface area contributed by atoms with Crippen LogP contribution in [0.5, 0.6) is 5.75 Å². The van der Waals surface area contributed by atoms with Crippen molar-refractivity contribution in [1.82, 2.24) is 10.2 Å². The Morgan fingerprint density at radius 3 is 2.58 bits per heavy atom. The predicted octanol–water partition coefficient (Wildman–Crippen LogP) is 4.30. The number of nitrogens with one attached hydrogen (secondary N) is 1. The van der Waals surface area contributed by atoms with E-state index in [1.54, 1.807) is 31.4 Å². The number of amides is 1. The molecule has 0 atom stereocenters. The van der Waals surface area contributed by atoms with Gasteiger partial charge in [0.2, 0.25) is 5.89 Å². The van der Waals surface area contributed by atoms with Crippen LogP contribution >= 0.6 is 23.2 Å². The summed E-state index contributed by atoms with van der Waals surface area (Å²) in [4.78, 5) is 12.2. The highest BCUT2D eigenvalue weighted by molar-refractivity contribution is 6.35. The summed E-state index contributed by atoms with van der Waals surface area (Å²) >= 11 is 11.8. The molecule has 3 rings (SSSR count). The second-order valence-corrected chi connectivity index (χ2v) is 5.63. The maximum absolute atomic E-state index is 12.2. The first kappa shape index (κ1) is 16.3. The average Bonchev–Trinajstić information content (AvgIpc) is 3.02. The molecule has 3 aromatic rings. The fourth-order valence-electron chi connectivity index (χ4n) is 2.00. The molecule has 0 aliphatic rings. The van der Waals surface area contributed by atoms with Gasteiger partial charge in [-0.05, 0) is 36.4 Å². The van der Waals surface area contributed by atoms with Crippen molar-refractivity contribution >= 4 is 35.1 Å². The zero-order chi connectivity index (χ0) is 17.1. The minimum atomic E-state index is -0.458. The van der Waals surface area contributed by atoms with Crippen molar-refractivity contribution in [3.05, 3.63) is 58.1 Å². The Labute approximate surface area is 147 Å². The lowest BCUT2D eigenvalue weighted by Gasteiger charge is -2.02. The number of hydrogen-bond donors (Lipinski definition) is 1. The number of halogens is 2. The summed E-state index contributed by atoms with van der Waals surface area (Å²) in [5, 5.41) is 10.9. The summed E-state index contributed by atoms with van der Waals surface area (Å²) in [5.74, 6) is 0.457. The SMILES string of the molecule is COc1cccc(-c2nnc(NC(=O)c3cc(Cl)cc(Cl)c3)o2)c1. The minimum absolute atomic E-state index is 0.0334. The van der Waals surface area contributed by atoms with E-state index in [0.29, 0.717) is 21.4 Å². The smallest absolute Gasteiger partial charge is 0.322 e. The van der Waals surface area contributed by atoms with Crippen LogP contribution in [0.15, 0.2) is 46.9 Å². The van der Waals surface area contributed by atoms with Crippen LogP contribution in [0, 0.1) is 0 Å². The van der Waals surface area contributed by atoms with Gasteiger partial charge in [0, 0.05) is 21.2 Å². The molecule has 0 aliphatic carbocycles. The molecule has 1 aromatic heterocycles. The molecule has 1 amide bonds. The molecule has 1 heterocycles. The topological polar surface area (TPSA) is 77.3 Å². The molecule has 2 aromatic carbocycles. The van der Waals surface area contributed by atoms with Gasteiger partial charge in [-0.15, -0.1) is 5.10 Å². The fraction of sp³-hybridized carbons (Fsp3) is 0.0625.